The standard InChI is InChI=1S/C21H22FN3O2/c1-2-3-12-27-20-7-5-4-6-17(20)18-13-19(25-24-18)21(26)23-14-15-8-10-16(22)11-9-15/h4-11,13H,2-3,12,14H2,1H3,(H,23,26)(H,24,25). The maximum atomic E-state index is 12.9. The van der Waals surface area contributed by atoms with Crippen LogP contribution in [0, 0.1) is 5.82 Å². The second-order valence-corrected chi connectivity index (χ2v) is 6.17. The number of nitrogens with zero attached hydrogens (tertiary/aromatic N) is 1. The number of halogens is 1. The molecule has 0 bridgehead atoms. The fraction of sp³-hybridized carbons (Fsp3) is 0.238. The van der Waals surface area contributed by atoms with Crippen LogP contribution in [0.1, 0.15) is 35.8 Å². The molecule has 6 heteroatoms. The molecule has 1 amide bonds. The zero-order valence-corrected chi connectivity index (χ0v) is 15.2. The minimum atomic E-state index is -0.303. The van der Waals surface area contributed by atoms with Crippen molar-refractivity contribution in [1.82, 2.24) is 15.5 Å². The Balaban J connectivity index is 1.67. The number of amides is 1. The molecule has 140 valence electrons. The molecule has 0 radical (unpaired) electrons. The quantitative estimate of drug-likeness (QED) is 0.583. The van der Waals surface area contributed by atoms with E-state index < -0.39 is 0 Å². The van der Waals surface area contributed by atoms with Gasteiger partial charge in [-0.25, -0.2) is 4.39 Å². The van der Waals surface area contributed by atoms with Gasteiger partial charge in [-0.3, -0.25) is 9.89 Å². The summed E-state index contributed by atoms with van der Waals surface area (Å²) >= 11 is 0. The third-order valence-electron chi connectivity index (χ3n) is 4.11. The van der Waals surface area contributed by atoms with Crippen LogP contribution in [0.5, 0.6) is 5.75 Å². The van der Waals surface area contributed by atoms with Gasteiger partial charge in [-0.1, -0.05) is 37.6 Å². The largest absolute Gasteiger partial charge is 0.493 e. The highest BCUT2D eigenvalue weighted by Crippen LogP contribution is 2.28. The first-order valence-electron chi connectivity index (χ1n) is 8.97. The van der Waals surface area contributed by atoms with Gasteiger partial charge in [0.05, 0.1) is 12.3 Å². The number of aromatic nitrogens is 2. The van der Waals surface area contributed by atoms with Crippen molar-refractivity contribution in [3.8, 4) is 17.0 Å². The smallest absolute Gasteiger partial charge is 0.269 e. The summed E-state index contributed by atoms with van der Waals surface area (Å²) in [6, 6.07) is 15.3. The van der Waals surface area contributed by atoms with E-state index in [1.54, 1.807) is 18.2 Å². The summed E-state index contributed by atoms with van der Waals surface area (Å²) in [6.45, 7) is 3.06. The summed E-state index contributed by atoms with van der Waals surface area (Å²) in [5.41, 5.74) is 2.66. The molecule has 0 spiro atoms. The average Bonchev–Trinajstić information content (AvgIpc) is 3.18. The first-order valence-corrected chi connectivity index (χ1v) is 8.97. The molecule has 0 fully saturated rings. The van der Waals surface area contributed by atoms with Gasteiger partial charge >= 0.3 is 0 Å². The predicted molar refractivity (Wildman–Crippen MR) is 102 cm³/mol. The van der Waals surface area contributed by atoms with Gasteiger partial charge in [0.25, 0.3) is 5.91 Å². The Kier molecular flexibility index (Phi) is 6.20. The highest BCUT2D eigenvalue weighted by Gasteiger charge is 2.14. The molecule has 0 aliphatic carbocycles. The van der Waals surface area contributed by atoms with E-state index in [1.165, 1.54) is 12.1 Å². The van der Waals surface area contributed by atoms with Gasteiger partial charge in [0.15, 0.2) is 0 Å². The van der Waals surface area contributed by atoms with Crippen LogP contribution in [0.2, 0.25) is 0 Å². The molecule has 3 aromatic rings. The SMILES string of the molecule is CCCCOc1ccccc1-c1cc(C(=O)NCc2ccc(F)cc2)[nH]n1. The summed E-state index contributed by atoms with van der Waals surface area (Å²) in [5.74, 6) is 0.168. The number of nitrogens with one attached hydrogen (secondary N) is 2. The van der Waals surface area contributed by atoms with Crippen LogP contribution in [0.3, 0.4) is 0 Å². The highest BCUT2D eigenvalue weighted by atomic mass is 19.1. The van der Waals surface area contributed by atoms with E-state index in [-0.39, 0.29) is 11.7 Å². The van der Waals surface area contributed by atoms with Crippen molar-refractivity contribution < 1.29 is 13.9 Å². The average molecular weight is 367 g/mol. The molecule has 0 aliphatic heterocycles. The third kappa shape index (κ3) is 4.94. The molecule has 0 saturated heterocycles. The first-order chi connectivity index (χ1) is 13.2. The Morgan fingerprint density at radius 2 is 1.96 bits per heavy atom. The van der Waals surface area contributed by atoms with E-state index in [4.69, 9.17) is 4.74 Å². The maximum absolute atomic E-state index is 12.9. The van der Waals surface area contributed by atoms with E-state index in [9.17, 15) is 9.18 Å². The number of hydrogen-bond donors (Lipinski definition) is 2. The number of hydrogen-bond acceptors (Lipinski definition) is 3. The van der Waals surface area contributed by atoms with E-state index in [1.807, 2.05) is 24.3 Å². The van der Waals surface area contributed by atoms with Crippen molar-refractivity contribution in [1.29, 1.82) is 0 Å². The Hall–Kier alpha value is -3.15. The number of H-pyrrole nitrogens is 1. The molecule has 1 aromatic heterocycles. The Bertz CT molecular complexity index is 890. The lowest BCUT2D eigenvalue weighted by Crippen LogP contribution is -2.23. The van der Waals surface area contributed by atoms with Gasteiger partial charge in [-0.2, -0.15) is 5.10 Å². The van der Waals surface area contributed by atoms with Gasteiger partial charge in [-0.05, 0) is 42.3 Å². The van der Waals surface area contributed by atoms with E-state index >= 15 is 0 Å². The van der Waals surface area contributed by atoms with Crippen molar-refractivity contribution >= 4 is 5.91 Å². The van der Waals surface area contributed by atoms with Gasteiger partial charge in [0.1, 0.15) is 17.3 Å². The summed E-state index contributed by atoms with van der Waals surface area (Å²) in [4.78, 5) is 12.3. The summed E-state index contributed by atoms with van der Waals surface area (Å²) in [5, 5.41) is 9.81. The number of aromatic amines is 1. The molecule has 2 aromatic carbocycles. The minimum Gasteiger partial charge on any atom is -0.493 e. The monoisotopic (exact) mass is 367 g/mol. The molecular weight excluding hydrogens is 345 g/mol. The molecule has 0 aliphatic rings. The molecule has 0 unspecified atom stereocenters. The maximum Gasteiger partial charge on any atom is 0.269 e. The Labute approximate surface area is 157 Å². The summed E-state index contributed by atoms with van der Waals surface area (Å²) < 4.78 is 18.8. The van der Waals surface area contributed by atoms with Crippen LogP contribution in [0.15, 0.2) is 54.6 Å². The van der Waals surface area contributed by atoms with Crippen LogP contribution in [-0.2, 0) is 6.54 Å². The summed E-state index contributed by atoms with van der Waals surface area (Å²) in [7, 11) is 0. The fourth-order valence-electron chi connectivity index (χ4n) is 2.59. The molecule has 0 saturated carbocycles. The van der Waals surface area contributed by atoms with E-state index in [0.29, 0.717) is 24.5 Å². The van der Waals surface area contributed by atoms with Gasteiger partial charge in [-0.15, -0.1) is 0 Å². The number of ether oxygens (including phenoxy) is 1. The predicted octanol–water partition coefficient (Wildman–Crippen LogP) is 4.32. The number of benzene rings is 2. The van der Waals surface area contributed by atoms with Crippen molar-refractivity contribution in [3.05, 3.63) is 71.7 Å². The number of carbonyl (C=O) groups is 1. The Morgan fingerprint density at radius 3 is 2.74 bits per heavy atom. The topological polar surface area (TPSA) is 67.0 Å². The molecule has 5 nitrogen and oxygen atoms in total. The normalized spacial score (nSPS) is 10.6. The molecule has 3 rings (SSSR count). The first kappa shape index (κ1) is 18.6. The van der Waals surface area contributed by atoms with Crippen LogP contribution in [-0.4, -0.2) is 22.7 Å². The molecule has 2 N–H and O–H groups in total. The molecular formula is C21H22FN3O2. The minimum absolute atomic E-state index is 0.276. The lowest BCUT2D eigenvalue weighted by Gasteiger charge is -2.09. The number of carbonyl (C=O) groups excluding carboxylic acids is 1. The van der Waals surface area contributed by atoms with E-state index in [2.05, 4.69) is 22.4 Å². The number of unbranched alkanes of at least 4 members (excludes halogenated alkanes) is 1. The molecule has 0 atom stereocenters. The third-order valence-corrected chi connectivity index (χ3v) is 4.11. The number of rotatable bonds is 8. The van der Waals surface area contributed by atoms with Gasteiger partial charge in [0.2, 0.25) is 0 Å². The van der Waals surface area contributed by atoms with Crippen LogP contribution >= 0.6 is 0 Å². The van der Waals surface area contributed by atoms with Crippen LogP contribution < -0.4 is 10.1 Å². The van der Waals surface area contributed by atoms with Crippen molar-refractivity contribution in [2.75, 3.05) is 6.61 Å². The van der Waals surface area contributed by atoms with Crippen molar-refractivity contribution in [3.63, 3.8) is 0 Å². The zero-order valence-electron chi connectivity index (χ0n) is 15.2. The van der Waals surface area contributed by atoms with Gasteiger partial charge in [0, 0.05) is 12.1 Å². The summed E-state index contributed by atoms with van der Waals surface area (Å²) in [6.07, 6.45) is 2.04. The molecule has 1 heterocycles. The lowest BCUT2D eigenvalue weighted by molar-refractivity contribution is 0.0946. The van der Waals surface area contributed by atoms with Crippen molar-refractivity contribution in [2.24, 2.45) is 0 Å². The van der Waals surface area contributed by atoms with Crippen molar-refractivity contribution in [2.45, 2.75) is 26.3 Å². The van der Waals surface area contributed by atoms with Crippen LogP contribution in [0.25, 0.3) is 11.3 Å². The second kappa shape index (κ2) is 8.98. The van der Waals surface area contributed by atoms with E-state index in [0.717, 1.165) is 29.7 Å². The molecule has 27 heavy (non-hydrogen) atoms. The number of para-hydroxylation sites is 1. The zero-order chi connectivity index (χ0) is 19.1. The fourth-order valence-corrected chi connectivity index (χ4v) is 2.59. The highest BCUT2D eigenvalue weighted by molar-refractivity contribution is 5.93. The van der Waals surface area contributed by atoms with Crippen LogP contribution in [0.4, 0.5) is 4.39 Å². The Morgan fingerprint density at radius 1 is 1.19 bits per heavy atom. The lowest BCUT2D eigenvalue weighted by atomic mass is 10.1. The van der Waals surface area contributed by atoms with Gasteiger partial charge < -0.3 is 10.1 Å². The second-order valence-electron chi connectivity index (χ2n) is 6.17.